The van der Waals surface area contributed by atoms with Crippen LogP contribution in [-0.2, 0) is 4.79 Å². The first kappa shape index (κ1) is 19.3. The van der Waals surface area contributed by atoms with E-state index in [1.54, 1.807) is 11.8 Å². The Balaban J connectivity index is 1.79. The number of carbonyl (C=O) groups is 1. The minimum Gasteiger partial charge on any atom is -0.493 e. The number of halogens is 1. The topological polar surface area (TPSA) is 65.4 Å². The molecule has 1 aliphatic heterocycles. The number of anilines is 1. The number of nitrogens with zero attached hydrogens (tertiary/aromatic N) is 2. The lowest BCUT2D eigenvalue weighted by Crippen LogP contribution is -2.24. The molecule has 2 heterocycles. The van der Waals surface area contributed by atoms with Crippen LogP contribution in [0.3, 0.4) is 0 Å². The molecule has 4 rings (SSSR count). The highest BCUT2D eigenvalue weighted by molar-refractivity contribution is 6.31. The number of carbonyl (C=O) groups excluding carboxylic acids is 1. The fourth-order valence-electron chi connectivity index (χ4n) is 3.70. The third-order valence-corrected chi connectivity index (χ3v) is 5.59. The maximum atomic E-state index is 12.5. The number of ether oxygens (including phenoxy) is 2. The number of methoxy groups -OCH3 is 1. The zero-order valence-corrected chi connectivity index (χ0v) is 17.3. The van der Waals surface area contributed by atoms with Crippen LogP contribution in [0.4, 0.5) is 5.82 Å². The van der Waals surface area contributed by atoms with Gasteiger partial charge in [-0.2, -0.15) is 5.10 Å². The number of rotatable bonds is 5. The fourth-order valence-corrected chi connectivity index (χ4v) is 3.87. The van der Waals surface area contributed by atoms with Gasteiger partial charge in [-0.25, -0.2) is 4.68 Å². The molecule has 6 nitrogen and oxygen atoms in total. The molecule has 7 heteroatoms. The van der Waals surface area contributed by atoms with Crippen molar-refractivity contribution in [3.8, 4) is 17.2 Å². The van der Waals surface area contributed by atoms with Crippen molar-refractivity contribution in [1.29, 1.82) is 0 Å². The molecular weight excluding hydrogens is 390 g/mol. The van der Waals surface area contributed by atoms with Gasteiger partial charge in [-0.1, -0.05) is 23.7 Å². The van der Waals surface area contributed by atoms with E-state index in [2.05, 4.69) is 10.4 Å². The van der Waals surface area contributed by atoms with E-state index in [9.17, 15) is 4.79 Å². The van der Waals surface area contributed by atoms with E-state index in [4.69, 9.17) is 21.1 Å². The van der Waals surface area contributed by atoms with Gasteiger partial charge in [-0.05, 0) is 49.2 Å². The van der Waals surface area contributed by atoms with Gasteiger partial charge in [0.05, 0.1) is 25.6 Å². The number of amides is 1. The third kappa shape index (κ3) is 3.44. The Labute approximate surface area is 174 Å². The first-order valence-electron chi connectivity index (χ1n) is 9.47. The average Bonchev–Trinajstić information content (AvgIpc) is 3.13. The molecule has 0 spiro atoms. The van der Waals surface area contributed by atoms with Crippen molar-refractivity contribution in [3.63, 3.8) is 0 Å². The minimum atomic E-state index is -0.128. The molecule has 0 unspecified atom stereocenters. The molecule has 1 aromatic heterocycles. The number of hydrogen-bond donors (Lipinski definition) is 1. The van der Waals surface area contributed by atoms with E-state index in [0.717, 1.165) is 22.4 Å². The van der Waals surface area contributed by atoms with Crippen LogP contribution in [0.25, 0.3) is 5.69 Å². The Kier molecular flexibility index (Phi) is 5.20. The van der Waals surface area contributed by atoms with Gasteiger partial charge in [0.15, 0.2) is 11.5 Å². The van der Waals surface area contributed by atoms with E-state index in [-0.39, 0.29) is 11.8 Å². The zero-order chi connectivity index (χ0) is 20.5. The molecule has 0 aliphatic carbocycles. The average molecular weight is 412 g/mol. The summed E-state index contributed by atoms with van der Waals surface area (Å²) in [6.45, 7) is 4.42. The summed E-state index contributed by atoms with van der Waals surface area (Å²) in [7, 11) is 1.61. The summed E-state index contributed by atoms with van der Waals surface area (Å²) in [6.07, 6.45) is 2.15. The normalized spacial score (nSPS) is 15.6. The van der Waals surface area contributed by atoms with E-state index < -0.39 is 0 Å². The Hall–Kier alpha value is -2.99. The summed E-state index contributed by atoms with van der Waals surface area (Å²) in [5.41, 5.74) is 3.67. The Bertz CT molecular complexity index is 1080. The number of aromatic nitrogens is 2. The highest BCUT2D eigenvalue weighted by Gasteiger charge is 2.31. The molecule has 1 aliphatic rings. The molecule has 1 amide bonds. The molecule has 0 saturated carbocycles. The summed E-state index contributed by atoms with van der Waals surface area (Å²) >= 11 is 6.29. The van der Waals surface area contributed by atoms with Crippen LogP contribution in [0.15, 0.2) is 42.6 Å². The van der Waals surface area contributed by atoms with Gasteiger partial charge >= 0.3 is 0 Å². The highest BCUT2D eigenvalue weighted by Crippen LogP contribution is 2.41. The van der Waals surface area contributed by atoms with Gasteiger partial charge in [-0.3, -0.25) is 4.79 Å². The quantitative estimate of drug-likeness (QED) is 0.660. The smallest absolute Gasteiger partial charge is 0.226 e. The second kappa shape index (κ2) is 7.79. The number of benzene rings is 2. The first-order valence-corrected chi connectivity index (χ1v) is 9.85. The van der Waals surface area contributed by atoms with Crippen molar-refractivity contribution in [3.05, 3.63) is 64.3 Å². The van der Waals surface area contributed by atoms with Crippen LogP contribution in [0.1, 0.15) is 36.0 Å². The zero-order valence-electron chi connectivity index (χ0n) is 16.5. The molecule has 29 heavy (non-hydrogen) atoms. The van der Waals surface area contributed by atoms with Crippen molar-refractivity contribution in [2.45, 2.75) is 26.2 Å². The number of fused-ring (bicyclic) bond motifs is 1. The summed E-state index contributed by atoms with van der Waals surface area (Å²) < 4.78 is 12.8. The predicted octanol–water partition coefficient (Wildman–Crippen LogP) is 4.72. The summed E-state index contributed by atoms with van der Waals surface area (Å²) in [6, 6.07) is 11.4. The monoisotopic (exact) mass is 411 g/mol. The lowest BCUT2D eigenvalue weighted by Gasteiger charge is -2.24. The molecule has 1 atom stereocenters. The SMILES string of the molecule is CCOc1ccc([C@H]2CC(=O)Nc3c2cnn3-c2cccc(Cl)c2C)cc1OC. The molecular formula is C22H22ClN3O3. The van der Waals surface area contributed by atoms with Crippen molar-refractivity contribution < 1.29 is 14.3 Å². The fraction of sp³-hybridized carbons (Fsp3) is 0.273. The molecule has 0 fully saturated rings. The molecule has 0 saturated heterocycles. The number of hydrogen-bond acceptors (Lipinski definition) is 4. The maximum absolute atomic E-state index is 12.5. The van der Waals surface area contributed by atoms with E-state index in [0.29, 0.717) is 35.4 Å². The van der Waals surface area contributed by atoms with Crippen molar-refractivity contribution >= 4 is 23.3 Å². The molecule has 3 aromatic rings. The van der Waals surface area contributed by atoms with Crippen LogP contribution in [0.2, 0.25) is 5.02 Å². The summed E-state index contributed by atoms with van der Waals surface area (Å²) in [5.74, 6) is 1.82. The van der Waals surface area contributed by atoms with Crippen molar-refractivity contribution in [1.82, 2.24) is 9.78 Å². The standard InChI is InChI=1S/C22H22ClN3O3/c1-4-29-19-9-8-14(10-20(19)28-3)15-11-21(27)25-22-16(15)12-24-26(22)18-7-5-6-17(23)13(18)2/h5-10,12,15H,4,11H2,1-3H3,(H,25,27)/t15-/m1/s1. The van der Waals surface area contributed by atoms with E-state index in [1.165, 1.54) is 0 Å². The van der Waals surface area contributed by atoms with Gasteiger partial charge in [0.25, 0.3) is 0 Å². The van der Waals surface area contributed by atoms with Crippen molar-refractivity contribution in [2.24, 2.45) is 0 Å². The molecule has 150 valence electrons. The Morgan fingerprint density at radius 1 is 1.28 bits per heavy atom. The van der Waals surface area contributed by atoms with Crippen molar-refractivity contribution in [2.75, 3.05) is 19.0 Å². The largest absolute Gasteiger partial charge is 0.493 e. The second-order valence-electron chi connectivity index (χ2n) is 6.89. The van der Waals surface area contributed by atoms with Crippen LogP contribution < -0.4 is 14.8 Å². The summed E-state index contributed by atoms with van der Waals surface area (Å²) in [4.78, 5) is 12.5. The van der Waals surface area contributed by atoms with E-state index in [1.807, 2.05) is 56.4 Å². The third-order valence-electron chi connectivity index (χ3n) is 5.18. The lowest BCUT2D eigenvalue weighted by molar-refractivity contribution is -0.116. The minimum absolute atomic E-state index is 0.0585. The van der Waals surface area contributed by atoms with Gasteiger partial charge in [0.1, 0.15) is 5.82 Å². The molecule has 2 aromatic carbocycles. The van der Waals surface area contributed by atoms with Gasteiger partial charge in [0.2, 0.25) is 5.91 Å². The number of nitrogens with one attached hydrogen (secondary N) is 1. The first-order chi connectivity index (χ1) is 14.0. The van der Waals surface area contributed by atoms with Gasteiger partial charge in [-0.15, -0.1) is 0 Å². The van der Waals surface area contributed by atoms with Gasteiger partial charge in [0, 0.05) is 22.9 Å². The highest BCUT2D eigenvalue weighted by atomic mass is 35.5. The van der Waals surface area contributed by atoms with Crippen LogP contribution in [-0.4, -0.2) is 29.4 Å². The molecule has 0 bridgehead atoms. The molecule has 0 radical (unpaired) electrons. The van der Waals surface area contributed by atoms with Crippen LogP contribution in [0, 0.1) is 6.92 Å². The van der Waals surface area contributed by atoms with Crippen LogP contribution >= 0.6 is 11.6 Å². The second-order valence-corrected chi connectivity index (χ2v) is 7.30. The summed E-state index contributed by atoms with van der Waals surface area (Å²) in [5, 5.41) is 8.19. The lowest BCUT2D eigenvalue weighted by atomic mass is 9.87. The predicted molar refractivity (Wildman–Crippen MR) is 113 cm³/mol. The maximum Gasteiger partial charge on any atom is 0.226 e. The Morgan fingerprint density at radius 2 is 2.10 bits per heavy atom. The molecule has 1 N–H and O–H groups in total. The van der Waals surface area contributed by atoms with E-state index >= 15 is 0 Å². The Morgan fingerprint density at radius 3 is 2.86 bits per heavy atom. The van der Waals surface area contributed by atoms with Gasteiger partial charge < -0.3 is 14.8 Å². The van der Waals surface area contributed by atoms with Crippen LogP contribution in [0.5, 0.6) is 11.5 Å².